The van der Waals surface area contributed by atoms with E-state index < -0.39 is 17.9 Å². The van der Waals surface area contributed by atoms with E-state index in [1.165, 1.54) is 6.08 Å². The van der Waals surface area contributed by atoms with Crippen LogP contribution in [-0.4, -0.2) is 23.0 Å². The third kappa shape index (κ3) is 5.60. The van der Waals surface area contributed by atoms with E-state index in [0.29, 0.717) is 5.02 Å². The molecular weight excluding hydrogens is 314 g/mol. The lowest BCUT2D eigenvalue weighted by Gasteiger charge is -2.13. The molecule has 0 aliphatic heterocycles. The molecule has 23 heavy (non-hydrogen) atoms. The summed E-state index contributed by atoms with van der Waals surface area (Å²) >= 11 is 5.80. The summed E-state index contributed by atoms with van der Waals surface area (Å²) in [5, 5.41) is 12.3. The number of halogens is 1. The van der Waals surface area contributed by atoms with Crippen LogP contribution in [0.4, 0.5) is 0 Å². The van der Waals surface area contributed by atoms with Crippen LogP contribution in [0.5, 0.6) is 0 Å². The van der Waals surface area contributed by atoms with Crippen LogP contribution in [0.15, 0.2) is 60.7 Å². The number of carboxylic acids is 1. The van der Waals surface area contributed by atoms with Gasteiger partial charge < -0.3 is 10.4 Å². The zero-order chi connectivity index (χ0) is 16.7. The van der Waals surface area contributed by atoms with Crippen LogP contribution in [0.3, 0.4) is 0 Å². The molecule has 2 aromatic carbocycles. The highest BCUT2D eigenvalue weighted by Crippen LogP contribution is 2.11. The van der Waals surface area contributed by atoms with Crippen LogP contribution in [0.2, 0.25) is 5.02 Å². The fraction of sp³-hybridized carbons (Fsp3) is 0.111. The zero-order valence-electron chi connectivity index (χ0n) is 12.3. The monoisotopic (exact) mass is 329 g/mol. The van der Waals surface area contributed by atoms with Gasteiger partial charge in [-0.15, -0.1) is 0 Å². The maximum Gasteiger partial charge on any atom is 0.326 e. The molecule has 2 N–H and O–H groups in total. The van der Waals surface area contributed by atoms with Crippen LogP contribution in [-0.2, 0) is 16.0 Å². The largest absolute Gasteiger partial charge is 0.480 e. The molecule has 0 radical (unpaired) electrons. The average Bonchev–Trinajstić information content (AvgIpc) is 2.55. The maximum atomic E-state index is 11.9. The summed E-state index contributed by atoms with van der Waals surface area (Å²) in [6, 6.07) is 15.2. The Bertz CT molecular complexity index is 696. The Kier molecular flexibility index (Phi) is 5.94. The second kappa shape index (κ2) is 8.15. The number of aliphatic carboxylic acids is 1. The molecule has 0 saturated heterocycles. The number of hydrogen-bond acceptors (Lipinski definition) is 2. The Balaban J connectivity index is 1.98. The maximum absolute atomic E-state index is 11.9. The molecule has 0 spiro atoms. The molecule has 1 atom stereocenters. The zero-order valence-corrected chi connectivity index (χ0v) is 13.0. The molecule has 0 bridgehead atoms. The first-order chi connectivity index (χ1) is 11.0. The molecule has 2 rings (SSSR count). The molecule has 0 aliphatic carbocycles. The molecule has 0 unspecified atom stereocenters. The summed E-state index contributed by atoms with van der Waals surface area (Å²) in [6.45, 7) is 0. The van der Waals surface area contributed by atoms with Gasteiger partial charge >= 0.3 is 5.97 Å². The first kappa shape index (κ1) is 16.8. The second-order valence-electron chi connectivity index (χ2n) is 4.97. The van der Waals surface area contributed by atoms with Crippen molar-refractivity contribution in [2.75, 3.05) is 0 Å². The topological polar surface area (TPSA) is 66.4 Å². The number of carboxylic acid groups (broad SMARTS) is 1. The minimum atomic E-state index is -1.08. The highest BCUT2D eigenvalue weighted by molar-refractivity contribution is 6.30. The third-order valence-corrected chi connectivity index (χ3v) is 3.45. The van der Waals surface area contributed by atoms with Crippen LogP contribution < -0.4 is 5.32 Å². The molecule has 4 nitrogen and oxygen atoms in total. The summed E-state index contributed by atoms with van der Waals surface area (Å²) in [5.74, 6) is -1.53. The van der Waals surface area contributed by atoms with Gasteiger partial charge in [-0.2, -0.15) is 0 Å². The van der Waals surface area contributed by atoms with Crippen molar-refractivity contribution in [1.29, 1.82) is 0 Å². The van der Waals surface area contributed by atoms with Crippen molar-refractivity contribution in [3.63, 3.8) is 0 Å². The Labute approximate surface area is 139 Å². The van der Waals surface area contributed by atoms with Crippen molar-refractivity contribution in [3.8, 4) is 0 Å². The van der Waals surface area contributed by atoms with E-state index in [0.717, 1.165) is 11.1 Å². The van der Waals surface area contributed by atoms with Gasteiger partial charge in [0.1, 0.15) is 6.04 Å². The summed E-state index contributed by atoms with van der Waals surface area (Å²) in [5.41, 5.74) is 1.65. The predicted molar refractivity (Wildman–Crippen MR) is 90.2 cm³/mol. The third-order valence-electron chi connectivity index (χ3n) is 3.19. The molecule has 0 fully saturated rings. The van der Waals surface area contributed by atoms with Gasteiger partial charge in [-0.1, -0.05) is 54.1 Å². The summed E-state index contributed by atoms with van der Waals surface area (Å²) in [4.78, 5) is 23.2. The number of rotatable bonds is 6. The number of nitrogens with one attached hydrogen (secondary N) is 1. The number of carbonyl (C=O) groups excluding carboxylic acids is 1. The number of carbonyl (C=O) groups is 2. The lowest BCUT2D eigenvalue weighted by atomic mass is 10.1. The fourth-order valence-electron chi connectivity index (χ4n) is 2.01. The Morgan fingerprint density at radius 3 is 2.35 bits per heavy atom. The van der Waals surface area contributed by atoms with Gasteiger partial charge in [-0.25, -0.2) is 4.79 Å². The van der Waals surface area contributed by atoms with Gasteiger partial charge in [0.05, 0.1) is 0 Å². The predicted octanol–water partition coefficient (Wildman–Crippen LogP) is 3.17. The standard InChI is InChI=1S/C18H16ClNO3/c19-15-9-6-14(7-10-15)12-16(18(22)23)20-17(21)11-8-13-4-2-1-3-5-13/h1-11,16H,12H2,(H,20,21)(H,22,23)/b11-8+/t16-/m0/s1. The molecule has 0 heterocycles. The Morgan fingerprint density at radius 1 is 1.09 bits per heavy atom. The van der Waals surface area contributed by atoms with E-state index in [1.54, 1.807) is 30.3 Å². The minimum absolute atomic E-state index is 0.192. The van der Waals surface area contributed by atoms with Gasteiger partial charge in [0, 0.05) is 17.5 Å². The molecule has 118 valence electrons. The summed E-state index contributed by atoms with van der Waals surface area (Å²) in [6.07, 6.45) is 3.15. The van der Waals surface area contributed by atoms with Crippen molar-refractivity contribution in [3.05, 3.63) is 76.8 Å². The number of benzene rings is 2. The van der Waals surface area contributed by atoms with Gasteiger partial charge in [0.15, 0.2) is 0 Å². The van der Waals surface area contributed by atoms with Crippen molar-refractivity contribution < 1.29 is 14.7 Å². The van der Waals surface area contributed by atoms with E-state index in [9.17, 15) is 14.7 Å². The highest BCUT2D eigenvalue weighted by atomic mass is 35.5. The van der Waals surface area contributed by atoms with E-state index >= 15 is 0 Å². The van der Waals surface area contributed by atoms with Crippen LogP contribution >= 0.6 is 11.6 Å². The molecule has 0 saturated carbocycles. The Morgan fingerprint density at radius 2 is 1.74 bits per heavy atom. The number of amides is 1. The lowest BCUT2D eigenvalue weighted by molar-refractivity contribution is -0.141. The molecule has 0 aliphatic rings. The lowest BCUT2D eigenvalue weighted by Crippen LogP contribution is -2.41. The normalized spacial score (nSPS) is 12.0. The molecular formula is C18H16ClNO3. The van der Waals surface area contributed by atoms with E-state index in [-0.39, 0.29) is 6.42 Å². The molecule has 2 aromatic rings. The van der Waals surface area contributed by atoms with Crippen LogP contribution in [0, 0.1) is 0 Å². The highest BCUT2D eigenvalue weighted by Gasteiger charge is 2.19. The second-order valence-corrected chi connectivity index (χ2v) is 5.41. The molecule has 0 aromatic heterocycles. The van der Waals surface area contributed by atoms with E-state index in [4.69, 9.17) is 11.6 Å². The quantitative estimate of drug-likeness (QED) is 0.800. The van der Waals surface area contributed by atoms with Gasteiger partial charge in [0.2, 0.25) is 5.91 Å². The van der Waals surface area contributed by atoms with Gasteiger partial charge in [-0.05, 0) is 29.3 Å². The summed E-state index contributed by atoms with van der Waals surface area (Å²) in [7, 11) is 0. The molecule has 5 heteroatoms. The van der Waals surface area contributed by atoms with E-state index in [2.05, 4.69) is 5.32 Å². The first-order valence-electron chi connectivity index (χ1n) is 7.05. The van der Waals surface area contributed by atoms with Crippen molar-refractivity contribution in [2.24, 2.45) is 0 Å². The van der Waals surface area contributed by atoms with Crippen LogP contribution in [0.25, 0.3) is 6.08 Å². The van der Waals surface area contributed by atoms with E-state index in [1.807, 2.05) is 30.3 Å². The van der Waals surface area contributed by atoms with Crippen molar-refractivity contribution in [2.45, 2.75) is 12.5 Å². The minimum Gasteiger partial charge on any atom is -0.480 e. The van der Waals surface area contributed by atoms with Gasteiger partial charge in [0.25, 0.3) is 0 Å². The van der Waals surface area contributed by atoms with Crippen molar-refractivity contribution in [1.82, 2.24) is 5.32 Å². The summed E-state index contributed by atoms with van der Waals surface area (Å²) < 4.78 is 0. The number of hydrogen-bond donors (Lipinski definition) is 2. The smallest absolute Gasteiger partial charge is 0.326 e. The average molecular weight is 330 g/mol. The van der Waals surface area contributed by atoms with Crippen molar-refractivity contribution >= 4 is 29.6 Å². The van der Waals surface area contributed by atoms with Crippen LogP contribution in [0.1, 0.15) is 11.1 Å². The molecule has 1 amide bonds. The first-order valence-corrected chi connectivity index (χ1v) is 7.43. The Hall–Kier alpha value is -2.59. The fourth-order valence-corrected chi connectivity index (χ4v) is 2.14. The SMILES string of the molecule is O=C(/C=C/c1ccccc1)N[C@@H](Cc1ccc(Cl)cc1)C(=O)O. The van der Waals surface area contributed by atoms with Gasteiger partial charge in [-0.3, -0.25) is 4.79 Å².